The number of hydrogen-bond acceptors (Lipinski definition) is 4. The van der Waals surface area contributed by atoms with Crippen molar-refractivity contribution in [1.82, 2.24) is 20.9 Å². The van der Waals surface area contributed by atoms with Crippen LogP contribution in [0.3, 0.4) is 0 Å². The Morgan fingerprint density at radius 2 is 1.89 bits per heavy atom. The fourth-order valence-corrected chi connectivity index (χ4v) is 3.27. The van der Waals surface area contributed by atoms with Crippen LogP contribution in [0.2, 0.25) is 0 Å². The number of carbonyl (C=O) groups is 1. The number of thiazole rings is 1. The zero-order valence-corrected chi connectivity index (χ0v) is 19.5. The Labute approximate surface area is 186 Å². The first-order valence-electron chi connectivity index (χ1n) is 8.99. The molecule has 9 heteroatoms. The SMILES string of the molecule is CCNC(=NCCc1nc(C)c(C)s1)NCCNC(=O)c1ccccc1F.I. The lowest BCUT2D eigenvalue weighted by Crippen LogP contribution is -2.41. The van der Waals surface area contributed by atoms with Gasteiger partial charge in [0.2, 0.25) is 0 Å². The maximum atomic E-state index is 13.6. The van der Waals surface area contributed by atoms with E-state index in [2.05, 4.69) is 32.9 Å². The molecular weight excluding hydrogens is 492 g/mol. The first kappa shape index (κ1) is 24.3. The first-order chi connectivity index (χ1) is 13.0. The van der Waals surface area contributed by atoms with Crippen molar-refractivity contribution < 1.29 is 9.18 Å². The topological polar surface area (TPSA) is 78.4 Å². The van der Waals surface area contributed by atoms with Crippen molar-refractivity contribution in [3.05, 3.63) is 51.2 Å². The lowest BCUT2D eigenvalue weighted by molar-refractivity contribution is 0.0950. The van der Waals surface area contributed by atoms with E-state index in [4.69, 9.17) is 0 Å². The fraction of sp³-hybridized carbons (Fsp3) is 0.421. The minimum atomic E-state index is -0.523. The van der Waals surface area contributed by atoms with Gasteiger partial charge in [0.05, 0.1) is 16.3 Å². The predicted octanol–water partition coefficient (Wildman–Crippen LogP) is 3.04. The molecular formula is C19H27FIN5OS. The van der Waals surface area contributed by atoms with Gasteiger partial charge in [0.1, 0.15) is 5.82 Å². The molecule has 1 aromatic heterocycles. The number of rotatable bonds is 8. The summed E-state index contributed by atoms with van der Waals surface area (Å²) in [5.41, 5.74) is 1.13. The molecule has 0 unspecified atom stereocenters. The van der Waals surface area contributed by atoms with Crippen LogP contribution in [0.25, 0.3) is 0 Å². The van der Waals surface area contributed by atoms with Gasteiger partial charge in [-0.25, -0.2) is 9.37 Å². The van der Waals surface area contributed by atoms with Gasteiger partial charge in [-0.3, -0.25) is 9.79 Å². The summed E-state index contributed by atoms with van der Waals surface area (Å²) in [6.07, 6.45) is 0.792. The van der Waals surface area contributed by atoms with Crippen molar-refractivity contribution in [2.24, 2.45) is 4.99 Å². The summed E-state index contributed by atoms with van der Waals surface area (Å²) in [7, 11) is 0. The van der Waals surface area contributed by atoms with Crippen LogP contribution in [0.15, 0.2) is 29.3 Å². The number of aliphatic imine (C=N–C) groups is 1. The molecule has 154 valence electrons. The van der Waals surface area contributed by atoms with Gasteiger partial charge in [0, 0.05) is 37.5 Å². The maximum Gasteiger partial charge on any atom is 0.254 e. The van der Waals surface area contributed by atoms with Crippen molar-refractivity contribution in [3.8, 4) is 0 Å². The molecule has 0 spiro atoms. The molecule has 1 amide bonds. The first-order valence-corrected chi connectivity index (χ1v) is 9.80. The molecule has 1 heterocycles. The van der Waals surface area contributed by atoms with Gasteiger partial charge in [-0.15, -0.1) is 35.3 Å². The molecule has 0 radical (unpaired) electrons. The number of hydrogen-bond donors (Lipinski definition) is 3. The van der Waals surface area contributed by atoms with Crippen LogP contribution in [-0.2, 0) is 6.42 Å². The number of nitrogens with one attached hydrogen (secondary N) is 3. The highest BCUT2D eigenvalue weighted by atomic mass is 127. The zero-order chi connectivity index (χ0) is 19.6. The molecule has 2 rings (SSSR count). The van der Waals surface area contributed by atoms with Crippen LogP contribution in [0.4, 0.5) is 4.39 Å². The van der Waals surface area contributed by atoms with Crippen molar-refractivity contribution in [1.29, 1.82) is 0 Å². The Morgan fingerprint density at radius 3 is 2.54 bits per heavy atom. The van der Waals surface area contributed by atoms with Crippen molar-refractivity contribution in [3.63, 3.8) is 0 Å². The number of carbonyl (C=O) groups excluding carboxylic acids is 1. The predicted molar refractivity (Wildman–Crippen MR) is 123 cm³/mol. The summed E-state index contributed by atoms with van der Waals surface area (Å²) in [6.45, 7) is 8.29. The third-order valence-corrected chi connectivity index (χ3v) is 4.97. The highest BCUT2D eigenvalue weighted by Gasteiger charge is 2.09. The molecule has 0 saturated heterocycles. The molecule has 0 fully saturated rings. The molecule has 2 aromatic rings. The number of nitrogens with zero attached hydrogens (tertiary/aromatic N) is 2. The van der Waals surface area contributed by atoms with Crippen LogP contribution in [0, 0.1) is 19.7 Å². The molecule has 0 atom stereocenters. The van der Waals surface area contributed by atoms with E-state index in [1.807, 2.05) is 13.8 Å². The van der Waals surface area contributed by atoms with Crippen LogP contribution < -0.4 is 16.0 Å². The largest absolute Gasteiger partial charge is 0.357 e. The van der Waals surface area contributed by atoms with Crippen molar-refractivity contribution >= 4 is 47.2 Å². The zero-order valence-electron chi connectivity index (χ0n) is 16.3. The second kappa shape index (κ2) is 12.7. The average Bonchev–Trinajstić information content (AvgIpc) is 2.96. The average molecular weight is 519 g/mol. The number of guanidine groups is 1. The molecule has 0 aliphatic carbocycles. The third-order valence-electron chi connectivity index (χ3n) is 3.83. The molecule has 3 N–H and O–H groups in total. The van der Waals surface area contributed by atoms with E-state index in [0.717, 1.165) is 23.7 Å². The van der Waals surface area contributed by atoms with E-state index in [-0.39, 0.29) is 29.5 Å². The molecule has 1 aromatic carbocycles. The summed E-state index contributed by atoms with van der Waals surface area (Å²) in [5, 5.41) is 10.1. The summed E-state index contributed by atoms with van der Waals surface area (Å²) >= 11 is 1.70. The minimum absolute atomic E-state index is 0. The summed E-state index contributed by atoms with van der Waals surface area (Å²) in [6, 6.07) is 5.93. The Kier molecular flexibility index (Phi) is 11.0. The van der Waals surface area contributed by atoms with E-state index >= 15 is 0 Å². The Balaban J connectivity index is 0.00000392. The van der Waals surface area contributed by atoms with Crippen LogP contribution in [0.5, 0.6) is 0 Å². The minimum Gasteiger partial charge on any atom is -0.357 e. The molecule has 28 heavy (non-hydrogen) atoms. The molecule has 0 aliphatic heterocycles. The van der Waals surface area contributed by atoms with E-state index in [1.54, 1.807) is 23.5 Å². The van der Waals surface area contributed by atoms with Crippen LogP contribution in [-0.4, -0.2) is 43.0 Å². The second-order valence-electron chi connectivity index (χ2n) is 5.92. The molecule has 0 bridgehead atoms. The number of amides is 1. The Hall–Kier alpha value is -1.75. The van der Waals surface area contributed by atoms with Gasteiger partial charge in [0.15, 0.2) is 5.96 Å². The van der Waals surface area contributed by atoms with Crippen molar-refractivity contribution in [2.45, 2.75) is 27.2 Å². The second-order valence-corrected chi connectivity index (χ2v) is 7.21. The van der Waals surface area contributed by atoms with E-state index in [9.17, 15) is 9.18 Å². The van der Waals surface area contributed by atoms with E-state index in [0.29, 0.717) is 25.6 Å². The summed E-state index contributed by atoms with van der Waals surface area (Å²) in [4.78, 5) is 22.2. The van der Waals surface area contributed by atoms with Gasteiger partial charge in [0.25, 0.3) is 5.91 Å². The third kappa shape index (κ3) is 7.70. The maximum absolute atomic E-state index is 13.6. The Bertz CT molecular complexity index is 777. The van der Waals surface area contributed by atoms with Gasteiger partial charge in [-0.05, 0) is 32.9 Å². The fourth-order valence-electron chi connectivity index (χ4n) is 2.35. The van der Waals surface area contributed by atoms with E-state index in [1.165, 1.54) is 17.0 Å². The standard InChI is InChI=1S/C19H26FN5OS.HI/c1-4-21-19(23-10-9-17-25-13(2)14(3)27-17)24-12-11-22-18(26)15-7-5-6-8-16(15)20;/h5-8H,4,9-12H2,1-3H3,(H,22,26)(H2,21,23,24);1H. The number of aryl methyl sites for hydroxylation is 2. The van der Waals surface area contributed by atoms with Gasteiger partial charge >= 0.3 is 0 Å². The quantitative estimate of drug-likeness (QED) is 0.217. The van der Waals surface area contributed by atoms with Gasteiger partial charge < -0.3 is 16.0 Å². The summed E-state index contributed by atoms with van der Waals surface area (Å²) in [5.74, 6) is -0.264. The molecule has 0 aliphatic rings. The normalized spacial score (nSPS) is 10.9. The van der Waals surface area contributed by atoms with Crippen LogP contribution >= 0.6 is 35.3 Å². The lowest BCUT2D eigenvalue weighted by Gasteiger charge is -2.12. The van der Waals surface area contributed by atoms with Gasteiger partial charge in [-0.2, -0.15) is 0 Å². The summed E-state index contributed by atoms with van der Waals surface area (Å²) < 4.78 is 13.6. The molecule has 6 nitrogen and oxygen atoms in total. The van der Waals surface area contributed by atoms with E-state index < -0.39 is 11.7 Å². The lowest BCUT2D eigenvalue weighted by atomic mass is 10.2. The van der Waals surface area contributed by atoms with Crippen LogP contribution in [0.1, 0.15) is 32.9 Å². The smallest absolute Gasteiger partial charge is 0.254 e. The number of halogens is 2. The van der Waals surface area contributed by atoms with Crippen molar-refractivity contribution in [2.75, 3.05) is 26.2 Å². The highest BCUT2D eigenvalue weighted by Crippen LogP contribution is 2.16. The highest BCUT2D eigenvalue weighted by molar-refractivity contribution is 14.0. The number of benzene rings is 1. The monoisotopic (exact) mass is 519 g/mol. The molecule has 0 saturated carbocycles. The van der Waals surface area contributed by atoms with Gasteiger partial charge in [-0.1, -0.05) is 12.1 Å². The number of aromatic nitrogens is 1. The Morgan fingerprint density at radius 1 is 1.18 bits per heavy atom.